The van der Waals surface area contributed by atoms with Gasteiger partial charge in [0.1, 0.15) is 0 Å². The number of hydrogen-bond donors (Lipinski definition) is 4. The van der Waals surface area contributed by atoms with E-state index in [2.05, 4.69) is 16.0 Å². The molecule has 0 heterocycles. The molecule has 130 valence electrons. The Kier molecular flexibility index (Phi) is 6.17. The Hall–Kier alpha value is -2.57. The van der Waals surface area contributed by atoms with E-state index in [1.807, 2.05) is 6.92 Å². The van der Waals surface area contributed by atoms with Crippen molar-refractivity contribution in [2.24, 2.45) is 5.92 Å². The Morgan fingerprint density at radius 1 is 1.08 bits per heavy atom. The largest absolute Gasteiger partial charge is 0.481 e. The number of amides is 3. The molecule has 0 unspecified atom stereocenters. The first-order valence-electron chi connectivity index (χ1n) is 8.18. The van der Waals surface area contributed by atoms with Gasteiger partial charge in [-0.25, -0.2) is 4.79 Å². The van der Waals surface area contributed by atoms with Crippen molar-refractivity contribution in [3.8, 4) is 0 Å². The number of carbonyl (C=O) groups is 3. The molecule has 0 aliphatic heterocycles. The molecular formula is C17H23N3O4. The molecule has 0 atom stereocenters. The Balaban J connectivity index is 1.80. The smallest absolute Gasteiger partial charge is 0.319 e. The maximum absolute atomic E-state index is 12.0. The van der Waals surface area contributed by atoms with Gasteiger partial charge in [0.15, 0.2) is 0 Å². The minimum Gasteiger partial charge on any atom is -0.481 e. The van der Waals surface area contributed by atoms with Crippen molar-refractivity contribution in [2.45, 2.75) is 38.6 Å². The normalized spacial score (nSPS) is 20.0. The second-order valence-electron chi connectivity index (χ2n) is 5.92. The summed E-state index contributed by atoms with van der Waals surface area (Å²) >= 11 is 0. The van der Waals surface area contributed by atoms with Gasteiger partial charge in [-0.05, 0) is 56.9 Å². The van der Waals surface area contributed by atoms with Gasteiger partial charge in [-0.15, -0.1) is 0 Å². The molecule has 0 spiro atoms. The molecular weight excluding hydrogens is 310 g/mol. The lowest BCUT2D eigenvalue weighted by Gasteiger charge is -2.26. The molecule has 1 aliphatic rings. The molecule has 4 N–H and O–H groups in total. The van der Waals surface area contributed by atoms with Crippen LogP contribution in [0.3, 0.4) is 0 Å². The molecule has 0 bridgehead atoms. The van der Waals surface area contributed by atoms with E-state index < -0.39 is 5.97 Å². The highest BCUT2D eigenvalue weighted by atomic mass is 16.4. The summed E-state index contributed by atoms with van der Waals surface area (Å²) in [6, 6.07) is 6.32. The van der Waals surface area contributed by atoms with Crippen LogP contribution in [0.25, 0.3) is 0 Å². The third-order valence-corrected chi connectivity index (χ3v) is 4.15. The lowest BCUT2D eigenvalue weighted by Crippen LogP contribution is -2.40. The SMILES string of the molecule is CCNC(=O)c1ccc(NC(=O)NC2CCC(C(=O)O)CC2)cc1. The molecule has 1 aliphatic carbocycles. The van der Waals surface area contributed by atoms with Crippen LogP contribution in [0.2, 0.25) is 0 Å². The van der Waals surface area contributed by atoms with Crippen LogP contribution in [-0.2, 0) is 4.79 Å². The summed E-state index contributed by atoms with van der Waals surface area (Å²) in [4.78, 5) is 34.6. The number of rotatable bonds is 5. The van der Waals surface area contributed by atoms with E-state index in [0.717, 1.165) is 0 Å². The average molecular weight is 333 g/mol. The summed E-state index contributed by atoms with van der Waals surface area (Å²) in [5.74, 6) is -1.21. The predicted octanol–water partition coefficient (Wildman–Crippen LogP) is 2.20. The van der Waals surface area contributed by atoms with Crippen LogP contribution in [0.5, 0.6) is 0 Å². The molecule has 7 heteroatoms. The first-order valence-corrected chi connectivity index (χ1v) is 8.18. The lowest BCUT2D eigenvalue weighted by molar-refractivity contribution is -0.142. The maximum atomic E-state index is 12.0. The zero-order valence-corrected chi connectivity index (χ0v) is 13.7. The summed E-state index contributed by atoms with van der Waals surface area (Å²) in [5, 5.41) is 17.3. The Morgan fingerprint density at radius 3 is 2.25 bits per heavy atom. The highest BCUT2D eigenvalue weighted by Crippen LogP contribution is 2.24. The van der Waals surface area contributed by atoms with E-state index in [9.17, 15) is 14.4 Å². The van der Waals surface area contributed by atoms with Crippen molar-refractivity contribution in [3.05, 3.63) is 29.8 Å². The van der Waals surface area contributed by atoms with Crippen molar-refractivity contribution >= 4 is 23.6 Å². The van der Waals surface area contributed by atoms with Crippen molar-refractivity contribution in [1.82, 2.24) is 10.6 Å². The standard InChI is InChI=1S/C17H23N3O4/c1-2-18-15(21)11-3-7-13(8-4-11)19-17(24)20-14-9-5-12(6-10-14)16(22)23/h3-4,7-8,12,14H,2,5-6,9-10H2,1H3,(H,18,21)(H,22,23)(H2,19,20,24). The van der Waals surface area contributed by atoms with Gasteiger partial charge in [0, 0.05) is 23.8 Å². The van der Waals surface area contributed by atoms with Gasteiger partial charge < -0.3 is 21.1 Å². The number of urea groups is 1. The first kappa shape index (κ1) is 17.8. The van der Waals surface area contributed by atoms with Crippen LogP contribution in [0.4, 0.5) is 10.5 Å². The van der Waals surface area contributed by atoms with Crippen molar-refractivity contribution in [3.63, 3.8) is 0 Å². The van der Waals surface area contributed by atoms with E-state index in [1.54, 1.807) is 24.3 Å². The quantitative estimate of drug-likeness (QED) is 0.662. The average Bonchev–Trinajstić information content (AvgIpc) is 2.56. The third-order valence-electron chi connectivity index (χ3n) is 4.15. The van der Waals surface area contributed by atoms with Crippen LogP contribution in [0, 0.1) is 5.92 Å². The molecule has 1 aromatic carbocycles. The maximum Gasteiger partial charge on any atom is 0.319 e. The molecule has 1 saturated carbocycles. The monoisotopic (exact) mass is 333 g/mol. The highest BCUT2D eigenvalue weighted by molar-refractivity contribution is 5.95. The van der Waals surface area contributed by atoms with Crippen molar-refractivity contribution in [2.75, 3.05) is 11.9 Å². The number of benzene rings is 1. The molecule has 1 aromatic rings. The van der Waals surface area contributed by atoms with E-state index in [0.29, 0.717) is 43.5 Å². The minimum atomic E-state index is -0.759. The number of anilines is 1. The van der Waals surface area contributed by atoms with Crippen LogP contribution < -0.4 is 16.0 Å². The van der Waals surface area contributed by atoms with Crippen LogP contribution in [0.15, 0.2) is 24.3 Å². The molecule has 1 fully saturated rings. The Morgan fingerprint density at radius 2 is 1.71 bits per heavy atom. The van der Waals surface area contributed by atoms with E-state index in [-0.39, 0.29) is 23.9 Å². The molecule has 3 amide bonds. The zero-order chi connectivity index (χ0) is 17.5. The van der Waals surface area contributed by atoms with Gasteiger partial charge in [-0.3, -0.25) is 9.59 Å². The summed E-state index contributed by atoms with van der Waals surface area (Å²) in [6.45, 7) is 2.41. The van der Waals surface area contributed by atoms with E-state index in [1.165, 1.54) is 0 Å². The van der Waals surface area contributed by atoms with Gasteiger partial charge in [0.25, 0.3) is 5.91 Å². The Labute approximate surface area is 140 Å². The summed E-state index contributed by atoms with van der Waals surface area (Å²) in [6.07, 6.45) is 2.50. The number of hydrogen-bond acceptors (Lipinski definition) is 3. The predicted molar refractivity (Wildman–Crippen MR) is 90.0 cm³/mol. The van der Waals surface area contributed by atoms with Crippen LogP contribution in [0.1, 0.15) is 43.0 Å². The van der Waals surface area contributed by atoms with Crippen molar-refractivity contribution < 1.29 is 19.5 Å². The number of carbonyl (C=O) groups excluding carboxylic acids is 2. The second-order valence-corrected chi connectivity index (χ2v) is 5.92. The number of carboxylic acids is 1. The summed E-state index contributed by atoms with van der Waals surface area (Å²) < 4.78 is 0. The fourth-order valence-corrected chi connectivity index (χ4v) is 2.80. The first-order chi connectivity index (χ1) is 11.5. The zero-order valence-electron chi connectivity index (χ0n) is 13.7. The number of carboxylic acid groups (broad SMARTS) is 1. The van der Waals surface area contributed by atoms with Gasteiger partial charge in [0.2, 0.25) is 0 Å². The summed E-state index contributed by atoms with van der Waals surface area (Å²) in [5.41, 5.74) is 1.13. The van der Waals surface area contributed by atoms with Gasteiger partial charge in [0.05, 0.1) is 5.92 Å². The van der Waals surface area contributed by atoms with Gasteiger partial charge >= 0.3 is 12.0 Å². The molecule has 24 heavy (non-hydrogen) atoms. The lowest BCUT2D eigenvalue weighted by atomic mass is 9.86. The molecule has 2 rings (SSSR count). The molecule has 7 nitrogen and oxygen atoms in total. The van der Waals surface area contributed by atoms with E-state index in [4.69, 9.17) is 5.11 Å². The van der Waals surface area contributed by atoms with E-state index >= 15 is 0 Å². The third kappa shape index (κ3) is 4.97. The molecule has 0 aromatic heterocycles. The molecule has 0 saturated heterocycles. The number of aliphatic carboxylic acids is 1. The van der Waals surface area contributed by atoms with Gasteiger partial charge in [-0.1, -0.05) is 0 Å². The molecule has 0 radical (unpaired) electrons. The Bertz CT molecular complexity index is 592. The van der Waals surface area contributed by atoms with Crippen LogP contribution >= 0.6 is 0 Å². The fraction of sp³-hybridized carbons (Fsp3) is 0.471. The minimum absolute atomic E-state index is 0.00444. The highest BCUT2D eigenvalue weighted by Gasteiger charge is 2.26. The van der Waals surface area contributed by atoms with Gasteiger partial charge in [-0.2, -0.15) is 0 Å². The van der Waals surface area contributed by atoms with Crippen molar-refractivity contribution in [1.29, 1.82) is 0 Å². The summed E-state index contributed by atoms with van der Waals surface area (Å²) in [7, 11) is 0. The van der Waals surface area contributed by atoms with Crippen LogP contribution in [-0.4, -0.2) is 35.6 Å². The second kappa shape index (κ2) is 8.33. The topological polar surface area (TPSA) is 108 Å². The number of nitrogens with one attached hydrogen (secondary N) is 3. The fourth-order valence-electron chi connectivity index (χ4n) is 2.80.